The van der Waals surface area contributed by atoms with Crippen LogP contribution in [0.3, 0.4) is 0 Å². The smallest absolute Gasteiger partial charge is 0.309 e. The number of hydrogen-bond donors (Lipinski definition) is 0. The number of Topliss-reactive ketones (excluding diaryl/α,β-unsaturated/α-hetero) is 1. The minimum atomic E-state index is -0.416. The largest absolute Gasteiger partial charge is 0.461 e. The Labute approximate surface area is 108 Å². The molecule has 3 rings (SSSR count). The van der Waals surface area contributed by atoms with Crippen LogP contribution in [0.25, 0.3) is 0 Å². The summed E-state index contributed by atoms with van der Waals surface area (Å²) in [5.74, 6) is 1.40. The highest BCUT2D eigenvalue weighted by molar-refractivity contribution is 5.89. The van der Waals surface area contributed by atoms with Gasteiger partial charge in [-0.25, -0.2) is 0 Å². The van der Waals surface area contributed by atoms with E-state index in [4.69, 9.17) is 4.74 Å². The Balaban J connectivity index is 2.04. The fourth-order valence-corrected chi connectivity index (χ4v) is 4.69. The van der Waals surface area contributed by atoms with Gasteiger partial charge >= 0.3 is 5.97 Å². The van der Waals surface area contributed by atoms with Crippen molar-refractivity contribution in [2.45, 2.75) is 52.6 Å². The first-order chi connectivity index (χ1) is 8.46. The van der Waals surface area contributed by atoms with Gasteiger partial charge in [0.15, 0.2) is 0 Å². The van der Waals surface area contributed by atoms with Crippen molar-refractivity contribution in [2.75, 3.05) is 0 Å². The van der Waals surface area contributed by atoms with E-state index in [2.05, 4.69) is 13.8 Å². The van der Waals surface area contributed by atoms with Crippen LogP contribution < -0.4 is 0 Å². The zero-order chi connectivity index (χ0) is 13.1. The number of ketones is 1. The summed E-state index contributed by atoms with van der Waals surface area (Å²) in [5, 5.41) is 0. The minimum absolute atomic E-state index is 0.0359. The average Bonchev–Trinajstić information content (AvgIpc) is 2.75. The number of carbonyl (C=O) groups is 2. The molecule has 1 heterocycles. The molecule has 0 aromatic carbocycles. The monoisotopic (exact) mass is 250 g/mol. The molecule has 0 radical (unpaired) electrons. The number of hydrogen-bond acceptors (Lipinski definition) is 3. The first kappa shape index (κ1) is 12.2. The quantitative estimate of drug-likeness (QED) is 0.621. The van der Waals surface area contributed by atoms with Crippen molar-refractivity contribution in [3.8, 4) is 0 Å². The highest BCUT2D eigenvalue weighted by Gasteiger charge is 2.61. The summed E-state index contributed by atoms with van der Waals surface area (Å²) in [4.78, 5) is 24.2. The molecule has 0 unspecified atom stereocenters. The maximum atomic E-state index is 12.4. The van der Waals surface area contributed by atoms with Crippen molar-refractivity contribution in [1.82, 2.24) is 0 Å². The van der Waals surface area contributed by atoms with E-state index in [1.807, 2.05) is 6.92 Å². The molecule has 6 atom stereocenters. The van der Waals surface area contributed by atoms with E-state index in [1.54, 1.807) is 0 Å². The Morgan fingerprint density at radius 2 is 1.89 bits per heavy atom. The molecule has 2 saturated carbocycles. The van der Waals surface area contributed by atoms with Crippen LogP contribution in [0.5, 0.6) is 0 Å². The van der Waals surface area contributed by atoms with Gasteiger partial charge in [-0.15, -0.1) is 0 Å². The van der Waals surface area contributed by atoms with Gasteiger partial charge in [-0.3, -0.25) is 9.59 Å². The molecule has 3 heteroatoms. The van der Waals surface area contributed by atoms with Gasteiger partial charge in [-0.2, -0.15) is 0 Å². The predicted molar refractivity (Wildman–Crippen MR) is 66.8 cm³/mol. The second-order valence-electron chi connectivity index (χ2n) is 6.72. The van der Waals surface area contributed by atoms with Crippen LogP contribution in [0, 0.1) is 29.1 Å². The van der Waals surface area contributed by atoms with Crippen LogP contribution in [0.2, 0.25) is 0 Å². The maximum Gasteiger partial charge on any atom is 0.309 e. The molecule has 2 aliphatic carbocycles. The minimum Gasteiger partial charge on any atom is -0.461 e. The highest BCUT2D eigenvalue weighted by Crippen LogP contribution is 2.56. The van der Waals surface area contributed by atoms with E-state index in [9.17, 15) is 9.59 Å². The van der Waals surface area contributed by atoms with Crippen LogP contribution in [-0.4, -0.2) is 17.9 Å². The molecule has 0 spiro atoms. The van der Waals surface area contributed by atoms with E-state index in [1.165, 1.54) is 0 Å². The third-order valence-corrected chi connectivity index (χ3v) is 5.93. The molecule has 0 aromatic rings. The second kappa shape index (κ2) is 3.82. The fraction of sp³-hybridized carbons (Fsp3) is 0.867. The van der Waals surface area contributed by atoms with Gasteiger partial charge in [0.1, 0.15) is 11.9 Å². The number of fused-ring (bicyclic) bond motifs is 3. The fourth-order valence-electron chi connectivity index (χ4n) is 4.69. The molecular formula is C15H22O3. The topological polar surface area (TPSA) is 43.4 Å². The molecule has 1 aliphatic heterocycles. The Hall–Kier alpha value is -0.860. The van der Waals surface area contributed by atoms with Gasteiger partial charge in [0, 0.05) is 12.3 Å². The zero-order valence-corrected chi connectivity index (χ0v) is 11.4. The van der Waals surface area contributed by atoms with Crippen LogP contribution in [0.1, 0.15) is 46.5 Å². The lowest BCUT2D eigenvalue weighted by molar-refractivity contribution is -0.153. The predicted octanol–water partition coefficient (Wildman–Crippen LogP) is 2.58. The van der Waals surface area contributed by atoms with E-state index >= 15 is 0 Å². The Kier molecular flexibility index (Phi) is 2.58. The van der Waals surface area contributed by atoms with Crippen molar-refractivity contribution >= 4 is 11.8 Å². The van der Waals surface area contributed by atoms with Crippen molar-refractivity contribution in [2.24, 2.45) is 29.1 Å². The van der Waals surface area contributed by atoms with E-state index in [0.29, 0.717) is 24.0 Å². The van der Waals surface area contributed by atoms with Crippen LogP contribution in [0.4, 0.5) is 0 Å². The molecule has 0 amide bonds. The first-order valence-electron chi connectivity index (χ1n) is 7.20. The normalized spacial score (nSPS) is 51.6. The molecule has 0 aromatic heterocycles. The summed E-state index contributed by atoms with van der Waals surface area (Å²) in [6.45, 7) is 6.27. The molecule has 100 valence electrons. The van der Waals surface area contributed by atoms with Crippen LogP contribution >= 0.6 is 0 Å². The zero-order valence-electron chi connectivity index (χ0n) is 11.4. The molecular weight excluding hydrogens is 228 g/mol. The maximum absolute atomic E-state index is 12.4. The van der Waals surface area contributed by atoms with Crippen molar-refractivity contribution in [3.63, 3.8) is 0 Å². The SMILES string of the molecule is C[C@@H]1C(=O)O[C@@H]2[C@H]1CC[C@H](C)[C@H]1CCC(=O)[C@]12C. The lowest BCUT2D eigenvalue weighted by Gasteiger charge is -2.37. The molecule has 0 bridgehead atoms. The Morgan fingerprint density at radius 1 is 1.17 bits per heavy atom. The summed E-state index contributed by atoms with van der Waals surface area (Å²) in [6.07, 6.45) is 3.63. The summed E-state index contributed by atoms with van der Waals surface area (Å²) in [5.41, 5.74) is -0.416. The third kappa shape index (κ3) is 1.36. The number of rotatable bonds is 0. The number of esters is 1. The van der Waals surface area contributed by atoms with Crippen molar-refractivity contribution < 1.29 is 14.3 Å². The standard InChI is InChI=1S/C15H22O3/c1-8-4-5-10-9(2)14(17)18-13(10)15(3)11(8)6-7-12(15)16/h8-11,13H,4-7H2,1-3H3/t8-,9-,10-,11+,13+,15-/m0/s1. The van der Waals surface area contributed by atoms with Gasteiger partial charge < -0.3 is 4.74 Å². The van der Waals surface area contributed by atoms with E-state index in [-0.39, 0.29) is 23.9 Å². The lowest BCUT2D eigenvalue weighted by atomic mass is 9.68. The summed E-state index contributed by atoms with van der Waals surface area (Å²) >= 11 is 0. The van der Waals surface area contributed by atoms with Gasteiger partial charge in [0.05, 0.1) is 11.3 Å². The van der Waals surface area contributed by atoms with E-state index in [0.717, 1.165) is 19.3 Å². The highest BCUT2D eigenvalue weighted by atomic mass is 16.6. The Bertz CT molecular complexity index is 403. The van der Waals surface area contributed by atoms with Gasteiger partial charge in [-0.1, -0.05) is 13.8 Å². The first-order valence-corrected chi connectivity index (χ1v) is 7.20. The summed E-state index contributed by atoms with van der Waals surface area (Å²) in [7, 11) is 0. The number of ether oxygens (including phenoxy) is 1. The summed E-state index contributed by atoms with van der Waals surface area (Å²) in [6, 6.07) is 0. The molecule has 18 heavy (non-hydrogen) atoms. The van der Waals surface area contributed by atoms with Crippen molar-refractivity contribution in [1.29, 1.82) is 0 Å². The van der Waals surface area contributed by atoms with Crippen LogP contribution in [-0.2, 0) is 14.3 Å². The Morgan fingerprint density at radius 3 is 2.61 bits per heavy atom. The van der Waals surface area contributed by atoms with Gasteiger partial charge in [-0.05, 0) is 38.0 Å². The van der Waals surface area contributed by atoms with Gasteiger partial charge in [0.25, 0.3) is 0 Å². The molecule has 1 saturated heterocycles. The summed E-state index contributed by atoms with van der Waals surface area (Å²) < 4.78 is 5.63. The second-order valence-corrected chi connectivity index (χ2v) is 6.72. The lowest BCUT2D eigenvalue weighted by Crippen LogP contribution is -2.44. The molecule has 3 fully saturated rings. The average molecular weight is 250 g/mol. The van der Waals surface area contributed by atoms with Crippen LogP contribution in [0.15, 0.2) is 0 Å². The number of carbonyl (C=O) groups excluding carboxylic acids is 2. The van der Waals surface area contributed by atoms with Crippen molar-refractivity contribution in [3.05, 3.63) is 0 Å². The molecule has 3 aliphatic rings. The van der Waals surface area contributed by atoms with E-state index < -0.39 is 5.41 Å². The molecule has 0 N–H and O–H groups in total. The molecule has 3 nitrogen and oxygen atoms in total. The third-order valence-electron chi connectivity index (χ3n) is 5.93. The van der Waals surface area contributed by atoms with Gasteiger partial charge in [0.2, 0.25) is 0 Å².